The summed E-state index contributed by atoms with van der Waals surface area (Å²) in [6, 6.07) is 0. The first-order valence-electron chi connectivity index (χ1n) is 6.13. The van der Waals surface area contributed by atoms with Crippen molar-refractivity contribution in [2.45, 2.75) is 13.8 Å². The summed E-state index contributed by atoms with van der Waals surface area (Å²) in [6.45, 7) is 5.28. The van der Waals surface area contributed by atoms with E-state index in [1.54, 1.807) is 21.0 Å². The molecule has 0 aromatic carbocycles. The molecule has 8 heteroatoms. The molecule has 0 aliphatic heterocycles. The van der Waals surface area contributed by atoms with E-state index in [-0.39, 0.29) is 18.3 Å². The lowest BCUT2D eigenvalue weighted by Crippen LogP contribution is -2.20. The Morgan fingerprint density at radius 3 is 2.55 bits per heavy atom. The van der Waals surface area contributed by atoms with Crippen molar-refractivity contribution in [1.29, 1.82) is 0 Å². The average molecular weight is 284 g/mol. The molecule has 0 fully saturated rings. The standard InChI is InChI=1S/C12H20N4O4/c1-8-9(2)14-15-12(10(8)11(13)16-17)20-7-6-19-5-4-18-3/h17H,4-7H2,1-3H3,(H2,13,16). The summed E-state index contributed by atoms with van der Waals surface area (Å²) in [7, 11) is 1.60. The maximum atomic E-state index is 8.82. The predicted molar refractivity (Wildman–Crippen MR) is 72.2 cm³/mol. The van der Waals surface area contributed by atoms with Gasteiger partial charge in [0.1, 0.15) is 6.61 Å². The lowest BCUT2D eigenvalue weighted by molar-refractivity contribution is 0.0534. The van der Waals surface area contributed by atoms with E-state index in [0.29, 0.717) is 31.1 Å². The zero-order chi connectivity index (χ0) is 15.0. The van der Waals surface area contributed by atoms with Gasteiger partial charge in [-0.05, 0) is 19.4 Å². The van der Waals surface area contributed by atoms with Crippen molar-refractivity contribution >= 4 is 5.84 Å². The molecule has 1 aromatic heterocycles. The first-order valence-corrected chi connectivity index (χ1v) is 6.13. The van der Waals surface area contributed by atoms with Crippen LogP contribution in [0.15, 0.2) is 5.16 Å². The van der Waals surface area contributed by atoms with Gasteiger partial charge in [-0.3, -0.25) is 0 Å². The molecule has 0 aliphatic carbocycles. The third kappa shape index (κ3) is 4.32. The van der Waals surface area contributed by atoms with Crippen LogP contribution in [0.4, 0.5) is 0 Å². The Bertz CT molecular complexity index is 465. The summed E-state index contributed by atoms with van der Waals surface area (Å²) in [5.41, 5.74) is 7.53. The zero-order valence-corrected chi connectivity index (χ0v) is 11.9. The van der Waals surface area contributed by atoms with E-state index in [2.05, 4.69) is 15.4 Å². The number of aryl methyl sites for hydroxylation is 1. The number of rotatable bonds is 8. The van der Waals surface area contributed by atoms with Crippen molar-refractivity contribution in [1.82, 2.24) is 10.2 Å². The van der Waals surface area contributed by atoms with E-state index in [4.69, 9.17) is 25.2 Å². The highest BCUT2D eigenvalue weighted by Crippen LogP contribution is 2.20. The van der Waals surface area contributed by atoms with Crippen LogP contribution in [-0.2, 0) is 9.47 Å². The molecule has 0 saturated heterocycles. The van der Waals surface area contributed by atoms with Crippen molar-refractivity contribution in [3.63, 3.8) is 0 Å². The predicted octanol–water partition coefficient (Wildman–Crippen LogP) is 0.230. The molecule has 0 spiro atoms. The maximum absolute atomic E-state index is 8.82. The van der Waals surface area contributed by atoms with Crippen molar-refractivity contribution in [2.24, 2.45) is 10.9 Å². The number of nitrogens with two attached hydrogens (primary N) is 1. The monoisotopic (exact) mass is 284 g/mol. The Kier molecular flexibility index (Phi) is 6.68. The van der Waals surface area contributed by atoms with Gasteiger partial charge in [-0.2, -0.15) is 5.10 Å². The highest BCUT2D eigenvalue weighted by atomic mass is 16.5. The van der Waals surface area contributed by atoms with Gasteiger partial charge in [0.2, 0.25) is 5.88 Å². The molecule has 0 aliphatic rings. The molecule has 1 heterocycles. The van der Waals surface area contributed by atoms with Crippen LogP contribution in [0.3, 0.4) is 0 Å². The Labute approximate surface area is 117 Å². The van der Waals surface area contributed by atoms with Crippen molar-refractivity contribution in [3.8, 4) is 5.88 Å². The Hall–Kier alpha value is -1.93. The number of methoxy groups -OCH3 is 1. The van der Waals surface area contributed by atoms with Gasteiger partial charge in [0.25, 0.3) is 0 Å². The number of ether oxygens (including phenoxy) is 3. The number of oxime groups is 1. The first-order chi connectivity index (χ1) is 9.61. The topological polar surface area (TPSA) is 112 Å². The highest BCUT2D eigenvalue weighted by molar-refractivity contribution is 6.00. The van der Waals surface area contributed by atoms with E-state index in [9.17, 15) is 0 Å². The normalized spacial score (nSPS) is 11.7. The summed E-state index contributed by atoms with van der Waals surface area (Å²) >= 11 is 0. The molecule has 0 unspecified atom stereocenters. The van der Waals surface area contributed by atoms with E-state index in [0.717, 1.165) is 5.56 Å². The molecule has 20 heavy (non-hydrogen) atoms. The molecule has 8 nitrogen and oxygen atoms in total. The van der Waals surface area contributed by atoms with E-state index in [1.807, 2.05) is 0 Å². The Morgan fingerprint density at radius 2 is 1.90 bits per heavy atom. The van der Waals surface area contributed by atoms with Crippen LogP contribution < -0.4 is 10.5 Å². The molecule has 0 amide bonds. The van der Waals surface area contributed by atoms with E-state index in [1.165, 1.54) is 0 Å². The highest BCUT2D eigenvalue weighted by Gasteiger charge is 2.16. The number of hydrogen-bond acceptors (Lipinski definition) is 7. The summed E-state index contributed by atoms with van der Waals surface area (Å²) in [5, 5.41) is 19.7. The van der Waals surface area contributed by atoms with Gasteiger partial charge in [0, 0.05) is 7.11 Å². The van der Waals surface area contributed by atoms with Crippen molar-refractivity contribution < 1.29 is 19.4 Å². The zero-order valence-electron chi connectivity index (χ0n) is 11.9. The number of amidine groups is 1. The number of nitrogens with zero attached hydrogens (tertiary/aromatic N) is 3. The fraction of sp³-hybridized carbons (Fsp3) is 0.583. The Morgan fingerprint density at radius 1 is 1.20 bits per heavy atom. The quantitative estimate of drug-likeness (QED) is 0.231. The number of aromatic nitrogens is 2. The van der Waals surface area contributed by atoms with Gasteiger partial charge in [-0.1, -0.05) is 5.16 Å². The van der Waals surface area contributed by atoms with Crippen LogP contribution in [0.25, 0.3) is 0 Å². The van der Waals surface area contributed by atoms with Crippen molar-refractivity contribution in [3.05, 3.63) is 16.8 Å². The molecule has 3 N–H and O–H groups in total. The molecular weight excluding hydrogens is 264 g/mol. The summed E-state index contributed by atoms with van der Waals surface area (Å²) in [4.78, 5) is 0. The van der Waals surface area contributed by atoms with Crippen molar-refractivity contribution in [2.75, 3.05) is 33.5 Å². The molecule has 112 valence electrons. The van der Waals surface area contributed by atoms with Gasteiger partial charge < -0.3 is 25.2 Å². The molecule has 0 saturated carbocycles. The third-order valence-corrected chi connectivity index (χ3v) is 2.68. The fourth-order valence-electron chi connectivity index (χ4n) is 1.48. The minimum atomic E-state index is -0.0594. The Balaban J connectivity index is 2.68. The fourth-order valence-corrected chi connectivity index (χ4v) is 1.48. The van der Waals surface area contributed by atoms with Crippen LogP contribution >= 0.6 is 0 Å². The molecule has 1 aromatic rings. The second-order valence-corrected chi connectivity index (χ2v) is 4.03. The minimum absolute atomic E-state index is 0.0594. The van der Waals surface area contributed by atoms with Crippen LogP contribution in [0, 0.1) is 13.8 Å². The first kappa shape index (κ1) is 16.1. The second kappa shape index (κ2) is 8.28. The third-order valence-electron chi connectivity index (χ3n) is 2.68. The van der Waals surface area contributed by atoms with Crippen LogP contribution in [0.5, 0.6) is 5.88 Å². The lowest BCUT2D eigenvalue weighted by atomic mass is 10.1. The van der Waals surface area contributed by atoms with Gasteiger partial charge in [0.05, 0.1) is 31.1 Å². The van der Waals surface area contributed by atoms with Crippen LogP contribution in [0.1, 0.15) is 16.8 Å². The molecule has 1 rings (SSSR count). The van der Waals surface area contributed by atoms with Crippen LogP contribution in [-0.4, -0.2) is 54.8 Å². The summed E-state index contributed by atoms with van der Waals surface area (Å²) < 4.78 is 15.6. The van der Waals surface area contributed by atoms with Crippen LogP contribution in [0.2, 0.25) is 0 Å². The maximum Gasteiger partial charge on any atom is 0.245 e. The van der Waals surface area contributed by atoms with Gasteiger partial charge in [-0.15, -0.1) is 5.10 Å². The van der Waals surface area contributed by atoms with E-state index < -0.39 is 0 Å². The molecule has 0 radical (unpaired) electrons. The number of hydrogen-bond donors (Lipinski definition) is 2. The molecule has 0 atom stereocenters. The van der Waals surface area contributed by atoms with Gasteiger partial charge >= 0.3 is 0 Å². The smallest absolute Gasteiger partial charge is 0.245 e. The summed E-state index contributed by atoms with van der Waals surface area (Å²) in [6.07, 6.45) is 0. The minimum Gasteiger partial charge on any atom is -0.474 e. The lowest BCUT2D eigenvalue weighted by Gasteiger charge is -2.12. The van der Waals surface area contributed by atoms with E-state index >= 15 is 0 Å². The largest absolute Gasteiger partial charge is 0.474 e. The molecule has 0 bridgehead atoms. The second-order valence-electron chi connectivity index (χ2n) is 4.03. The van der Waals surface area contributed by atoms with Gasteiger partial charge in [-0.25, -0.2) is 0 Å². The average Bonchev–Trinajstić information content (AvgIpc) is 2.45. The molecular formula is C12H20N4O4. The SMILES string of the molecule is COCCOCCOc1nnc(C)c(C)c1C(N)=NO. The van der Waals surface area contributed by atoms with Gasteiger partial charge in [0.15, 0.2) is 5.84 Å². The summed E-state index contributed by atoms with van der Waals surface area (Å²) in [5.74, 6) is 0.162.